The second-order valence-corrected chi connectivity index (χ2v) is 6.22. The van der Waals surface area contributed by atoms with Crippen LogP contribution in [-0.2, 0) is 6.42 Å². The van der Waals surface area contributed by atoms with Crippen LogP contribution in [0.4, 0.5) is 4.39 Å². The van der Waals surface area contributed by atoms with E-state index in [1.165, 1.54) is 6.07 Å². The van der Waals surface area contributed by atoms with Crippen LogP contribution < -0.4 is 5.32 Å². The molecule has 0 aliphatic heterocycles. The molecule has 0 saturated carbocycles. The summed E-state index contributed by atoms with van der Waals surface area (Å²) in [5.41, 5.74) is 2.55. The highest BCUT2D eigenvalue weighted by Crippen LogP contribution is 2.35. The van der Waals surface area contributed by atoms with Crippen LogP contribution in [0.3, 0.4) is 0 Å². The van der Waals surface area contributed by atoms with Crippen molar-refractivity contribution in [1.82, 2.24) is 5.32 Å². The molecule has 0 spiro atoms. The average molecular weight is 313 g/mol. The third-order valence-corrected chi connectivity index (χ3v) is 4.75. The molecule has 0 unspecified atom stereocenters. The number of rotatable bonds is 2. The Kier molecular flexibility index (Phi) is 4.07. The zero-order valence-corrected chi connectivity index (χ0v) is 13.3. The van der Waals surface area contributed by atoms with Gasteiger partial charge in [-0.1, -0.05) is 25.1 Å². The predicted octanol–water partition coefficient (Wildman–Crippen LogP) is 3.89. The summed E-state index contributed by atoms with van der Waals surface area (Å²) in [6, 6.07) is 9.70. The van der Waals surface area contributed by atoms with Crippen molar-refractivity contribution in [2.45, 2.75) is 32.7 Å². The number of hydrogen-bond donors (Lipinski definition) is 2. The van der Waals surface area contributed by atoms with E-state index in [1.807, 2.05) is 6.07 Å². The summed E-state index contributed by atoms with van der Waals surface area (Å²) in [6.45, 7) is 3.77. The van der Waals surface area contributed by atoms with E-state index in [-0.39, 0.29) is 29.4 Å². The van der Waals surface area contributed by atoms with Crippen molar-refractivity contribution in [1.29, 1.82) is 0 Å². The van der Waals surface area contributed by atoms with E-state index in [9.17, 15) is 14.3 Å². The van der Waals surface area contributed by atoms with Gasteiger partial charge < -0.3 is 10.4 Å². The minimum atomic E-state index is -0.243. The molecule has 0 heterocycles. The van der Waals surface area contributed by atoms with Crippen LogP contribution in [-0.4, -0.2) is 11.0 Å². The molecule has 23 heavy (non-hydrogen) atoms. The van der Waals surface area contributed by atoms with E-state index in [0.717, 1.165) is 12.0 Å². The SMILES string of the molecule is Cc1c(O)cccc1C(=O)N[C@@H]1c2cccc(F)c2CC[C@@H]1C. The van der Waals surface area contributed by atoms with Gasteiger partial charge in [-0.2, -0.15) is 0 Å². The third-order valence-electron chi connectivity index (χ3n) is 4.75. The average Bonchev–Trinajstić information content (AvgIpc) is 2.53. The van der Waals surface area contributed by atoms with E-state index in [2.05, 4.69) is 12.2 Å². The number of benzene rings is 2. The molecular formula is C19H20FNO2. The van der Waals surface area contributed by atoms with Gasteiger partial charge in [-0.05, 0) is 55.0 Å². The first-order valence-corrected chi connectivity index (χ1v) is 7.85. The molecule has 1 aliphatic carbocycles. The number of phenolic OH excluding ortho intramolecular Hbond substituents is 1. The Hall–Kier alpha value is -2.36. The van der Waals surface area contributed by atoms with Gasteiger partial charge in [0.05, 0.1) is 6.04 Å². The Labute approximate surface area is 135 Å². The lowest BCUT2D eigenvalue weighted by molar-refractivity contribution is 0.0918. The zero-order valence-electron chi connectivity index (χ0n) is 13.3. The van der Waals surface area contributed by atoms with Crippen LogP contribution in [0.5, 0.6) is 5.75 Å². The van der Waals surface area contributed by atoms with Crippen LogP contribution in [0.1, 0.15) is 46.4 Å². The van der Waals surface area contributed by atoms with Crippen molar-refractivity contribution in [3.8, 4) is 5.75 Å². The molecule has 0 saturated heterocycles. The Morgan fingerprint density at radius 3 is 2.78 bits per heavy atom. The summed E-state index contributed by atoms with van der Waals surface area (Å²) < 4.78 is 14.0. The van der Waals surface area contributed by atoms with Crippen LogP contribution in [0.25, 0.3) is 0 Å². The zero-order chi connectivity index (χ0) is 16.6. The van der Waals surface area contributed by atoms with Gasteiger partial charge in [0.25, 0.3) is 5.91 Å². The van der Waals surface area contributed by atoms with Crippen LogP contribution in [0, 0.1) is 18.7 Å². The first-order valence-electron chi connectivity index (χ1n) is 7.85. The van der Waals surface area contributed by atoms with Gasteiger partial charge in [-0.3, -0.25) is 4.79 Å². The van der Waals surface area contributed by atoms with Gasteiger partial charge in [-0.25, -0.2) is 4.39 Å². The molecule has 4 heteroatoms. The second kappa shape index (κ2) is 6.03. The topological polar surface area (TPSA) is 49.3 Å². The van der Waals surface area contributed by atoms with Crippen LogP contribution in [0.15, 0.2) is 36.4 Å². The van der Waals surface area contributed by atoms with Crippen LogP contribution in [0.2, 0.25) is 0 Å². The highest BCUT2D eigenvalue weighted by atomic mass is 19.1. The third kappa shape index (κ3) is 2.81. The molecule has 2 atom stereocenters. The smallest absolute Gasteiger partial charge is 0.252 e. The number of carbonyl (C=O) groups is 1. The van der Waals surface area contributed by atoms with Gasteiger partial charge in [0.15, 0.2) is 0 Å². The second-order valence-electron chi connectivity index (χ2n) is 6.22. The fourth-order valence-corrected chi connectivity index (χ4v) is 3.28. The van der Waals surface area contributed by atoms with Crippen LogP contribution >= 0.6 is 0 Å². The van der Waals surface area contributed by atoms with Crippen molar-refractivity contribution in [2.24, 2.45) is 5.92 Å². The Morgan fingerprint density at radius 2 is 2.00 bits per heavy atom. The van der Waals surface area contributed by atoms with Crippen molar-refractivity contribution >= 4 is 5.91 Å². The maximum Gasteiger partial charge on any atom is 0.252 e. The molecule has 0 radical (unpaired) electrons. The van der Waals surface area contributed by atoms with Crippen molar-refractivity contribution in [3.63, 3.8) is 0 Å². The quantitative estimate of drug-likeness (QED) is 0.883. The largest absolute Gasteiger partial charge is 0.508 e. The van der Waals surface area contributed by atoms with Crippen molar-refractivity contribution < 1.29 is 14.3 Å². The maximum atomic E-state index is 14.0. The van der Waals surface area contributed by atoms with E-state index in [4.69, 9.17) is 0 Å². The summed E-state index contributed by atoms with van der Waals surface area (Å²) in [4.78, 5) is 12.6. The highest BCUT2D eigenvalue weighted by Gasteiger charge is 2.30. The molecule has 2 aromatic carbocycles. The molecule has 0 aromatic heterocycles. The molecular weight excluding hydrogens is 293 g/mol. The number of halogens is 1. The van der Waals surface area contributed by atoms with Gasteiger partial charge in [-0.15, -0.1) is 0 Å². The predicted molar refractivity (Wildman–Crippen MR) is 86.9 cm³/mol. The van der Waals surface area contributed by atoms with E-state index < -0.39 is 0 Å². The number of nitrogens with one attached hydrogen (secondary N) is 1. The van der Waals surface area contributed by atoms with Gasteiger partial charge >= 0.3 is 0 Å². The molecule has 3 nitrogen and oxygen atoms in total. The Morgan fingerprint density at radius 1 is 1.26 bits per heavy atom. The van der Waals surface area contributed by atoms with E-state index in [0.29, 0.717) is 23.1 Å². The lowest BCUT2D eigenvalue weighted by atomic mass is 9.80. The van der Waals surface area contributed by atoms with Crippen molar-refractivity contribution in [3.05, 3.63) is 64.5 Å². The number of aromatic hydroxyl groups is 1. The first kappa shape index (κ1) is 15.5. The molecule has 2 aromatic rings. The Balaban J connectivity index is 1.92. The molecule has 1 amide bonds. The molecule has 0 bridgehead atoms. The standard InChI is InChI=1S/C19H20FNO2/c1-11-9-10-14-15(6-3-7-16(14)20)18(11)21-19(23)13-5-4-8-17(22)12(13)2/h3-8,11,18,22H,9-10H2,1-2H3,(H,21,23)/t11-,18-/m0/s1. The van der Waals surface area contributed by atoms with Crippen molar-refractivity contribution in [2.75, 3.05) is 0 Å². The first-order chi connectivity index (χ1) is 11.0. The van der Waals surface area contributed by atoms with Gasteiger partial charge in [0.2, 0.25) is 0 Å². The fourth-order valence-electron chi connectivity index (χ4n) is 3.28. The molecule has 1 aliphatic rings. The molecule has 120 valence electrons. The number of amides is 1. The highest BCUT2D eigenvalue weighted by molar-refractivity contribution is 5.96. The van der Waals surface area contributed by atoms with E-state index >= 15 is 0 Å². The fraction of sp³-hybridized carbons (Fsp3) is 0.316. The summed E-state index contributed by atoms with van der Waals surface area (Å²) in [6.07, 6.45) is 1.53. The summed E-state index contributed by atoms with van der Waals surface area (Å²) in [5, 5.41) is 12.8. The minimum absolute atomic E-state index is 0.0980. The number of carbonyl (C=O) groups excluding carboxylic acids is 1. The normalized spacial score (nSPS) is 20.0. The molecule has 3 rings (SSSR count). The summed E-state index contributed by atoms with van der Waals surface area (Å²) >= 11 is 0. The molecule has 2 N–H and O–H groups in total. The maximum absolute atomic E-state index is 14.0. The summed E-state index contributed by atoms with van der Waals surface area (Å²) in [7, 11) is 0. The number of phenols is 1. The number of fused-ring (bicyclic) bond motifs is 1. The summed E-state index contributed by atoms with van der Waals surface area (Å²) in [5.74, 6) is -0.124. The van der Waals surface area contributed by atoms with Gasteiger partial charge in [0, 0.05) is 11.1 Å². The minimum Gasteiger partial charge on any atom is -0.508 e. The molecule has 0 fully saturated rings. The lowest BCUT2D eigenvalue weighted by Crippen LogP contribution is -2.36. The van der Waals surface area contributed by atoms with E-state index in [1.54, 1.807) is 31.2 Å². The monoisotopic (exact) mass is 313 g/mol. The Bertz CT molecular complexity index is 757. The number of hydrogen-bond acceptors (Lipinski definition) is 2. The lowest BCUT2D eigenvalue weighted by Gasteiger charge is -2.32. The van der Waals surface area contributed by atoms with Gasteiger partial charge in [0.1, 0.15) is 11.6 Å².